The van der Waals surface area contributed by atoms with Gasteiger partial charge in [-0.25, -0.2) is 4.98 Å². The van der Waals surface area contributed by atoms with Gasteiger partial charge in [0.05, 0.1) is 23.7 Å². The third-order valence-corrected chi connectivity index (χ3v) is 7.54. The molecule has 2 heterocycles. The lowest BCUT2D eigenvalue weighted by molar-refractivity contribution is 0.0724. The average Bonchev–Trinajstić information content (AvgIpc) is 2.92. The number of aryl methyl sites for hydroxylation is 1. The summed E-state index contributed by atoms with van der Waals surface area (Å²) in [6.07, 6.45) is 3.22. The number of aromatic nitrogens is 2. The van der Waals surface area contributed by atoms with Crippen molar-refractivity contribution in [2.75, 3.05) is 20.2 Å². The van der Waals surface area contributed by atoms with Gasteiger partial charge in [0.25, 0.3) is 11.5 Å². The maximum atomic E-state index is 13.8. The molecule has 36 heavy (non-hydrogen) atoms. The first-order chi connectivity index (χ1) is 17.5. The van der Waals surface area contributed by atoms with Crippen LogP contribution in [0, 0.1) is 6.92 Å². The standard InChI is InChI=1S/C29H29N3O3S/c1-20-9-11-21(12-10-20)19-36-29-30-26-17-22(27(33)31-15-4-3-5-16-31)13-14-25(26)28(34)32(29)23-7-6-8-24(18-23)35-2/h6-14,17-18H,3-5,15-16,19H2,1-2H3. The smallest absolute Gasteiger partial charge is 0.266 e. The van der Waals surface area contributed by atoms with Gasteiger partial charge < -0.3 is 9.64 Å². The summed E-state index contributed by atoms with van der Waals surface area (Å²) in [6.45, 7) is 3.61. The normalized spacial score (nSPS) is 13.7. The minimum atomic E-state index is -0.170. The average molecular weight is 500 g/mol. The quantitative estimate of drug-likeness (QED) is 0.254. The van der Waals surface area contributed by atoms with E-state index in [0.29, 0.717) is 38.8 Å². The van der Waals surface area contributed by atoms with E-state index in [2.05, 4.69) is 31.2 Å². The van der Waals surface area contributed by atoms with Crippen LogP contribution in [0.15, 0.2) is 76.7 Å². The van der Waals surface area contributed by atoms with Crippen molar-refractivity contribution in [1.29, 1.82) is 0 Å². The predicted molar refractivity (Wildman–Crippen MR) is 144 cm³/mol. The summed E-state index contributed by atoms with van der Waals surface area (Å²) in [5.41, 5.74) is 3.97. The second-order valence-corrected chi connectivity index (χ2v) is 10.0. The van der Waals surface area contributed by atoms with Crippen molar-refractivity contribution in [2.24, 2.45) is 0 Å². The molecule has 6 nitrogen and oxygen atoms in total. The molecule has 0 saturated carbocycles. The molecule has 0 spiro atoms. The van der Waals surface area contributed by atoms with Crippen molar-refractivity contribution in [2.45, 2.75) is 37.1 Å². The Labute approximate surface area is 214 Å². The summed E-state index contributed by atoms with van der Waals surface area (Å²) < 4.78 is 7.03. The van der Waals surface area contributed by atoms with Gasteiger partial charge >= 0.3 is 0 Å². The number of carbonyl (C=O) groups excluding carboxylic acids is 1. The van der Waals surface area contributed by atoms with Crippen molar-refractivity contribution in [3.8, 4) is 11.4 Å². The van der Waals surface area contributed by atoms with Crippen LogP contribution in [0.2, 0.25) is 0 Å². The zero-order valence-electron chi connectivity index (χ0n) is 20.6. The van der Waals surface area contributed by atoms with Crippen molar-refractivity contribution in [3.63, 3.8) is 0 Å². The van der Waals surface area contributed by atoms with E-state index in [9.17, 15) is 9.59 Å². The molecule has 0 N–H and O–H groups in total. The van der Waals surface area contributed by atoms with E-state index >= 15 is 0 Å². The number of amides is 1. The van der Waals surface area contributed by atoms with E-state index < -0.39 is 0 Å². The molecule has 1 saturated heterocycles. The van der Waals surface area contributed by atoms with Crippen LogP contribution >= 0.6 is 11.8 Å². The zero-order chi connectivity index (χ0) is 25.1. The lowest BCUT2D eigenvalue weighted by Gasteiger charge is -2.26. The molecule has 4 aromatic rings. The summed E-state index contributed by atoms with van der Waals surface area (Å²) in [7, 11) is 1.61. The van der Waals surface area contributed by atoms with Crippen LogP contribution in [0.4, 0.5) is 0 Å². The van der Waals surface area contributed by atoms with Gasteiger partial charge in [-0.15, -0.1) is 0 Å². The van der Waals surface area contributed by atoms with E-state index in [0.717, 1.165) is 37.9 Å². The number of benzene rings is 3. The Morgan fingerprint density at radius 2 is 1.78 bits per heavy atom. The molecule has 0 bridgehead atoms. The highest BCUT2D eigenvalue weighted by Crippen LogP contribution is 2.27. The number of ether oxygens (including phenoxy) is 1. The summed E-state index contributed by atoms with van der Waals surface area (Å²) in [5, 5.41) is 1.05. The van der Waals surface area contributed by atoms with E-state index in [4.69, 9.17) is 9.72 Å². The minimum Gasteiger partial charge on any atom is -0.497 e. The Kier molecular flexibility index (Phi) is 7.09. The molecule has 3 aromatic carbocycles. The van der Waals surface area contributed by atoms with E-state index in [1.54, 1.807) is 29.9 Å². The fraction of sp³-hybridized carbons (Fsp3) is 0.276. The highest BCUT2D eigenvalue weighted by Gasteiger charge is 2.20. The number of carbonyl (C=O) groups is 1. The maximum absolute atomic E-state index is 13.8. The van der Waals surface area contributed by atoms with Gasteiger partial charge in [-0.05, 0) is 62.1 Å². The van der Waals surface area contributed by atoms with Gasteiger partial charge in [-0.2, -0.15) is 0 Å². The molecule has 5 rings (SSSR count). The lowest BCUT2D eigenvalue weighted by Crippen LogP contribution is -2.35. The highest BCUT2D eigenvalue weighted by molar-refractivity contribution is 7.98. The van der Waals surface area contributed by atoms with Crippen LogP contribution in [-0.2, 0) is 5.75 Å². The third-order valence-electron chi connectivity index (χ3n) is 6.53. The highest BCUT2D eigenvalue weighted by atomic mass is 32.2. The topological polar surface area (TPSA) is 64.4 Å². The van der Waals surface area contributed by atoms with E-state index in [1.165, 1.54) is 17.3 Å². The molecule has 0 unspecified atom stereocenters. The number of methoxy groups -OCH3 is 1. The zero-order valence-corrected chi connectivity index (χ0v) is 21.4. The Hall–Kier alpha value is -3.58. The molecule has 1 aliphatic rings. The first kappa shape index (κ1) is 24.1. The van der Waals surface area contributed by atoms with Crippen LogP contribution in [0.1, 0.15) is 40.7 Å². The lowest BCUT2D eigenvalue weighted by atomic mass is 10.1. The first-order valence-electron chi connectivity index (χ1n) is 12.2. The molecular weight excluding hydrogens is 470 g/mol. The van der Waals surface area contributed by atoms with E-state index in [-0.39, 0.29) is 11.5 Å². The molecule has 1 aliphatic heterocycles. The monoisotopic (exact) mass is 499 g/mol. The first-order valence-corrected chi connectivity index (χ1v) is 13.2. The fourth-order valence-corrected chi connectivity index (χ4v) is 5.45. The number of fused-ring (bicyclic) bond motifs is 1. The minimum absolute atomic E-state index is 0.00392. The molecule has 0 atom stereocenters. The molecule has 0 radical (unpaired) electrons. The molecule has 1 amide bonds. The van der Waals surface area contributed by atoms with Gasteiger partial charge in [-0.3, -0.25) is 14.2 Å². The van der Waals surface area contributed by atoms with Gasteiger partial charge in [0.15, 0.2) is 5.16 Å². The SMILES string of the molecule is COc1cccc(-n2c(SCc3ccc(C)cc3)nc3cc(C(=O)N4CCCCC4)ccc3c2=O)c1. The Morgan fingerprint density at radius 1 is 1.00 bits per heavy atom. The van der Waals surface area contributed by atoms with Gasteiger partial charge in [-0.1, -0.05) is 47.7 Å². The van der Waals surface area contributed by atoms with Crippen molar-refractivity contribution < 1.29 is 9.53 Å². The van der Waals surface area contributed by atoms with E-state index in [1.807, 2.05) is 29.2 Å². The summed E-state index contributed by atoms with van der Waals surface area (Å²) in [5.74, 6) is 1.33. The number of nitrogens with zero attached hydrogens (tertiary/aromatic N) is 3. The van der Waals surface area contributed by atoms with Gasteiger partial charge in [0.1, 0.15) is 5.75 Å². The van der Waals surface area contributed by atoms with Crippen molar-refractivity contribution in [3.05, 3.63) is 93.8 Å². The Balaban J connectivity index is 1.59. The number of hydrogen-bond acceptors (Lipinski definition) is 5. The second kappa shape index (κ2) is 10.6. The van der Waals surface area contributed by atoms with Crippen LogP contribution < -0.4 is 10.3 Å². The summed E-state index contributed by atoms with van der Waals surface area (Å²) in [6, 6.07) is 21.0. The third kappa shape index (κ3) is 5.02. The number of rotatable bonds is 6. The predicted octanol–water partition coefficient (Wildman–Crippen LogP) is 5.62. The fourth-order valence-electron chi connectivity index (χ4n) is 4.48. The summed E-state index contributed by atoms with van der Waals surface area (Å²) >= 11 is 1.50. The molecule has 1 fully saturated rings. The molecule has 1 aromatic heterocycles. The maximum Gasteiger partial charge on any atom is 0.266 e. The van der Waals surface area contributed by atoms with Gasteiger partial charge in [0, 0.05) is 30.5 Å². The number of hydrogen-bond donors (Lipinski definition) is 0. The van der Waals surface area contributed by atoms with Gasteiger partial charge in [0.2, 0.25) is 0 Å². The molecular formula is C29H29N3O3S. The Morgan fingerprint density at radius 3 is 2.53 bits per heavy atom. The Bertz CT molecular complexity index is 1460. The van der Waals surface area contributed by atoms with Crippen LogP contribution in [0.25, 0.3) is 16.6 Å². The summed E-state index contributed by atoms with van der Waals surface area (Å²) in [4.78, 5) is 33.7. The van der Waals surface area contributed by atoms with Crippen molar-refractivity contribution in [1.82, 2.24) is 14.5 Å². The molecule has 184 valence electrons. The number of piperidine rings is 1. The van der Waals surface area contributed by atoms with Crippen LogP contribution in [-0.4, -0.2) is 40.6 Å². The number of likely N-dealkylation sites (tertiary alicyclic amines) is 1. The largest absolute Gasteiger partial charge is 0.497 e. The molecule has 0 aliphatic carbocycles. The van der Waals surface area contributed by atoms with Crippen molar-refractivity contribution >= 4 is 28.6 Å². The van der Waals surface area contributed by atoms with Crippen LogP contribution in [0.3, 0.4) is 0 Å². The van der Waals surface area contributed by atoms with Crippen LogP contribution in [0.5, 0.6) is 5.75 Å². The molecule has 7 heteroatoms. The second-order valence-electron chi connectivity index (χ2n) is 9.10. The number of thioether (sulfide) groups is 1.